The average Bonchev–Trinajstić information content (AvgIpc) is 2.84. The molecule has 11 heteroatoms. The fourth-order valence-electron chi connectivity index (χ4n) is 3.55. The van der Waals surface area contributed by atoms with Crippen molar-refractivity contribution in [3.63, 3.8) is 0 Å². The van der Waals surface area contributed by atoms with E-state index in [1.54, 1.807) is 30.3 Å². The Labute approximate surface area is 207 Å². The molecule has 190 valence electrons. The fraction of sp³-hybridized carbons (Fsp3) is 0.240. The number of carbonyl (C=O) groups is 2. The van der Waals surface area contributed by atoms with Crippen molar-refractivity contribution in [1.29, 1.82) is 0 Å². The summed E-state index contributed by atoms with van der Waals surface area (Å²) in [7, 11) is -2.80. The molecule has 9 nitrogen and oxygen atoms in total. The Bertz CT molecular complexity index is 1330. The largest absolute Gasteiger partial charge is 0.503 e. The number of pyridine rings is 1. The zero-order chi connectivity index (χ0) is 26.5. The number of hydrogen-bond acceptors (Lipinski definition) is 8. The van der Waals surface area contributed by atoms with Gasteiger partial charge in [-0.25, -0.2) is 22.6 Å². The number of ether oxygens (including phenoxy) is 2. The van der Waals surface area contributed by atoms with E-state index >= 15 is 0 Å². The van der Waals surface area contributed by atoms with Crippen LogP contribution < -0.4 is 10.1 Å². The summed E-state index contributed by atoms with van der Waals surface area (Å²) < 4.78 is 50.7. The van der Waals surface area contributed by atoms with E-state index in [2.05, 4.69) is 10.3 Å². The van der Waals surface area contributed by atoms with Crippen molar-refractivity contribution in [2.75, 3.05) is 7.11 Å². The lowest BCUT2D eigenvalue weighted by Gasteiger charge is -2.26. The van der Waals surface area contributed by atoms with Crippen LogP contribution in [0.2, 0.25) is 0 Å². The van der Waals surface area contributed by atoms with E-state index in [-0.39, 0.29) is 16.3 Å². The lowest BCUT2D eigenvalue weighted by molar-refractivity contribution is -0.150. The van der Waals surface area contributed by atoms with E-state index in [1.807, 2.05) is 0 Å². The van der Waals surface area contributed by atoms with Gasteiger partial charge in [-0.3, -0.25) is 4.79 Å². The number of aromatic hydroxyl groups is 1. The molecule has 3 aromatic rings. The average molecular weight is 517 g/mol. The Morgan fingerprint density at radius 3 is 2.28 bits per heavy atom. The Morgan fingerprint density at radius 1 is 1.03 bits per heavy atom. The highest BCUT2D eigenvalue weighted by Crippen LogP contribution is 2.33. The third kappa shape index (κ3) is 5.80. The predicted molar refractivity (Wildman–Crippen MR) is 128 cm³/mol. The van der Waals surface area contributed by atoms with E-state index in [4.69, 9.17) is 9.47 Å². The van der Waals surface area contributed by atoms with Crippen LogP contribution in [0.5, 0.6) is 11.5 Å². The summed E-state index contributed by atoms with van der Waals surface area (Å²) in [6.45, 7) is 2.76. The molecule has 1 amide bonds. The molecule has 0 saturated heterocycles. The summed E-state index contributed by atoms with van der Waals surface area (Å²) in [6, 6.07) is 12.7. The van der Waals surface area contributed by atoms with E-state index < -0.39 is 50.7 Å². The Kier molecular flexibility index (Phi) is 8.25. The molecule has 0 fully saturated rings. The van der Waals surface area contributed by atoms with E-state index in [9.17, 15) is 27.5 Å². The quantitative estimate of drug-likeness (QED) is 0.327. The zero-order valence-electron chi connectivity index (χ0n) is 19.7. The first-order chi connectivity index (χ1) is 17.1. The fourth-order valence-corrected chi connectivity index (χ4v) is 5.44. The summed E-state index contributed by atoms with van der Waals surface area (Å²) in [5.41, 5.74) is 0.00687. The number of carbonyl (C=O) groups excluding carboxylic acids is 2. The second-order valence-corrected chi connectivity index (χ2v) is 9.95. The van der Waals surface area contributed by atoms with Crippen molar-refractivity contribution >= 4 is 21.7 Å². The summed E-state index contributed by atoms with van der Waals surface area (Å²) >= 11 is 0. The van der Waals surface area contributed by atoms with Crippen LogP contribution in [-0.4, -0.2) is 49.6 Å². The maximum Gasteiger partial charge on any atom is 0.328 e. The maximum atomic E-state index is 13.5. The van der Waals surface area contributed by atoms with Crippen molar-refractivity contribution < 1.29 is 37.0 Å². The topological polar surface area (TPSA) is 132 Å². The molecule has 1 aromatic heterocycles. The van der Waals surface area contributed by atoms with Gasteiger partial charge in [0.15, 0.2) is 27.0 Å². The van der Waals surface area contributed by atoms with Crippen LogP contribution in [0.3, 0.4) is 0 Å². The van der Waals surface area contributed by atoms with E-state index in [0.717, 1.165) is 24.3 Å². The van der Waals surface area contributed by atoms with Crippen LogP contribution in [0.15, 0.2) is 71.8 Å². The highest BCUT2D eigenvalue weighted by atomic mass is 32.2. The second-order valence-electron chi connectivity index (χ2n) is 7.88. The van der Waals surface area contributed by atoms with Crippen LogP contribution in [0.1, 0.15) is 35.1 Å². The van der Waals surface area contributed by atoms with Gasteiger partial charge in [0.05, 0.1) is 12.0 Å². The summed E-state index contributed by atoms with van der Waals surface area (Å²) in [5, 5.41) is 11.2. The number of hydrogen-bond donors (Lipinski definition) is 2. The lowest BCUT2D eigenvalue weighted by Crippen LogP contribution is -2.42. The number of esters is 1. The minimum atomic E-state index is -4.11. The minimum Gasteiger partial charge on any atom is -0.503 e. The van der Waals surface area contributed by atoms with Crippen molar-refractivity contribution in [2.24, 2.45) is 0 Å². The Hall–Kier alpha value is -3.99. The molecule has 0 unspecified atom stereocenters. The predicted octanol–water partition coefficient (Wildman–Crippen LogP) is 3.20. The zero-order valence-corrected chi connectivity index (χ0v) is 20.5. The highest BCUT2D eigenvalue weighted by Gasteiger charge is 2.37. The van der Waals surface area contributed by atoms with Gasteiger partial charge in [0.25, 0.3) is 5.91 Å². The molecule has 0 saturated carbocycles. The van der Waals surface area contributed by atoms with Gasteiger partial charge in [-0.05, 0) is 43.7 Å². The number of nitrogens with zero attached hydrogens (tertiary/aromatic N) is 1. The van der Waals surface area contributed by atoms with Gasteiger partial charge >= 0.3 is 5.97 Å². The van der Waals surface area contributed by atoms with Gasteiger partial charge in [0.1, 0.15) is 23.2 Å². The molecule has 0 aliphatic rings. The number of amides is 1. The molecule has 2 N–H and O–H groups in total. The number of halogens is 1. The van der Waals surface area contributed by atoms with Gasteiger partial charge in [0, 0.05) is 12.3 Å². The van der Waals surface area contributed by atoms with Gasteiger partial charge in [-0.15, -0.1) is 0 Å². The standard InChI is InChI=1S/C25H25FN2O7S/c1-15(28-24(30)21-22(29)20(34-3)13-14-27-21)25(31)35-16(2)23(17-7-5-4-6-8-17)36(32,33)19-11-9-18(26)10-12-19/h4-16,23,29H,1-3H3,(H,28,30)/t15-,16-,23-/m0/s1. The van der Waals surface area contributed by atoms with Crippen LogP contribution in [0.25, 0.3) is 0 Å². The number of nitrogens with one attached hydrogen (secondary N) is 1. The smallest absolute Gasteiger partial charge is 0.328 e. The number of methoxy groups -OCH3 is 1. The van der Waals surface area contributed by atoms with Gasteiger partial charge in [-0.2, -0.15) is 0 Å². The molecule has 36 heavy (non-hydrogen) atoms. The number of benzene rings is 2. The van der Waals surface area contributed by atoms with Crippen molar-refractivity contribution in [2.45, 2.75) is 36.1 Å². The number of aromatic nitrogens is 1. The van der Waals surface area contributed by atoms with Gasteiger partial charge < -0.3 is 19.9 Å². The van der Waals surface area contributed by atoms with Crippen molar-refractivity contribution in [3.8, 4) is 11.5 Å². The lowest BCUT2D eigenvalue weighted by atomic mass is 10.1. The van der Waals surface area contributed by atoms with Gasteiger partial charge in [0.2, 0.25) is 0 Å². The minimum absolute atomic E-state index is 0.0238. The molecule has 0 radical (unpaired) electrons. The van der Waals surface area contributed by atoms with Gasteiger partial charge in [-0.1, -0.05) is 30.3 Å². The monoisotopic (exact) mass is 516 g/mol. The molecule has 3 atom stereocenters. The van der Waals surface area contributed by atoms with Crippen molar-refractivity contribution in [3.05, 3.63) is 83.9 Å². The number of sulfone groups is 1. The molecular formula is C25H25FN2O7S. The van der Waals surface area contributed by atoms with Crippen LogP contribution >= 0.6 is 0 Å². The first kappa shape index (κ1) is 26.6. The molecule has 2 aromatic carbocycles. The first-order valence-electron chi connectivity index (χ1n) is 10.8. The maximum absolute atomic E-state index is 13.5. The normalized spacial score (nSPS) is 13.8. The Morgan fingerprint density at radius 2 is 1.67 bits per heavy atom. The second kappa shape index (κ2) is 11.2. The van der Waals surface area contributed by atoms with Crippen LogP contribution in [-0.2, 0) is 19.4 Å². The van der Waals surface area contributed by atoms with Crippen LogP contribution in [0, 0.1) is 5.82 Å². The Balaban J connectivity index is 1.82. The molecule has 0 bridgehead atoms. The van der Waals surface area contributed by atoms with E-state index in [1.165, 1.54) is 33.2 Å². The molecule has 0 spiro atoms. The SMILES string of the molecule is COc1ccnc(C(=O)N[C@@H](C)C(=O)O[C@@H](C)[C@@H](c2ccccc2)S(=O)(=O)c2ccc(F)cc2)c1O. The van der Waals surface area contributed by atoms with E-state index in [0.29, 0.717) is 5.56 Å². The first-order valence-corrected chi connectivity index (χ1v) is 12.4. The van der Waals surface area contributed by atoms with Crippen molar-refractivity contribution in [1.82, 2.24) is 10.3 Å². The molecule has 1 heterocycles. The third-order valence-electron chi connectivity index (χ3n) is 5.36. The van der Waals surface area contributed by atoms with Crippen LogP contribution in [0.4, 0.5) is 4.39 Å². The molecule has 0 aliphatic heterocycles. The molecule has 0 aliphatic carbocycles. The summed E-state index contributed by atoms with van der Waals surface area (Å²) in [5.74, 6) is -2.84. The summed E-state index contributed by atoms with van der Waals surface area (Å²) in [4.78, 5) is 29.0. The summed E-state index contributed by atoms with van der Waals surface area (Å²) in [6.07, 6.45) is 0.0705. The molecular weight excluding hydrogens is 491 g/mol. The number of rotatable bonds is 9. The highest BCUT2D eigenvalue weighted by molar-refractivity contribution is 7.91. The molecule has 3 rings (SSSR count). The third-order valence-corrected chi connectivity index (χ3v) is 7.61.